The van der Waals surface area contributed by atoms with Gasteiger partial charge in [-0.1, -0.05) is 17.4 Å². The number of ether oxygens (including phenoxy) is 2. The molecule has 0 spiro atoms. The number of anilines is 1. The zero-order valence-electron chi connectivity index (χ0n) is 21.8. The minimum Gasteiger partial charge on any atom is -0.467 e. The van der Waals surface area contributed by atoms with Crippen LogP contribution < -0.4 is 4.90 Å². The predicted octanol–water partition coefficient (Wildman–Crippen LogP) is 4.64. The molecule has 4 aromatic rings. The van der Waals surface area contributed by atoms with Crippen LogP contribution in [0.5, 0.6) is 0 Å². The molecule has 0 unspecified atom stereocenters. The molecule has 0 bridgehead atoms. The summed E-state index contributed by atoms with van der Waals surface area (Å²) < 4.78 is 44.5. The topological polar surface area (TPSA) is 102 Å². The quantitative estimate of drug-likeness (QED) is 0.250. The molecule has 2 aromatic carbocycles. The normalized spacial score (nSPS) is 11.9. The molecule has 0 radical (unpaired) electrons. The number of fused-ring (bicyclic) bond motifs is 1. The summed E-state index contributed by atoms with van der Waals surface area (Å²) in [6.07, 6.45) is 1.56. The van der Waals surface area contributed by atoms with Crippen molar-refractivity contribution in [3.63, 3.8) is 0 Å². The Kier molecular flexibility index (Phi) is 8.95. The molecule has 2 heterocycles. The van der Waals surface area contributed by atoms with Gasteiger partial charge in [-0.25, -0.2) is 13.4 Å². The maximum atomic E-state index is 13.7. The molecule has 38 heavy (non-hydrogen) atoms. The van der Waals surface area contributed by atoms with Crippen LogP contribution in [0.3, 0.4) is 0 Å². The smallest absolute Gasteiger partial charge is 0.260 e. The molecule has 0 saturated heterocycles. The Morgan fingerprint density at radius 2 is 1.71 bits per heavy atom. The van der Waals surface area contributed by atoms with Gasteiger partial charge in [0.05, 0.1) is 41.1 Å². The number of hydrogen-bond acceptors (Lipinski definition) is 8. The van der Waals surface area contributed by atoms with Gasteiger partial charge in [0.1, 0.15) is 5.76 Å². The van der Waals surface area contributed by atoms with E-state index in [0.717, 1.165) is 21.3 Å². The summed E-state index contributed by atoms with van der Waals surface area (Å²) in [6, 6.07) is 13.6. The van der Waals surface area contributed by atoms with Gasteiger partial charge in [-0.3, -0.25) is 9.69 Å². The fourth-order valence-corrected chi connectivity index (χ4v) is 6.50. The zero-order chi connectivity index (χ0) is 27.3. The summed E-state index contributed by atoms with van der Waals surface area (Å²) in [4.78, 5) is 20.1. The zero-order valence-corrected chi connectivity index (χ0v) is 23.5. The van der Waals surface area contributed by atoms with Crippen molar-refractivity contribution in [2.24, 2.45) is 0 Å². The minimum atomic E-state index is -3.80. The Balaban J connectivity index is 1.65. The Morgan fingerprint density at radius 1 is 1.03 bits per heavy atom. The van der Waals surface area contributed by atoms with E-state index in [-0.39, 0.29) is 43.7 Å². The number of thiazole rings is 1. The number of amides is 1. The molecule has 202 valence electrons. The van der Waals surface area contributed by atoms with Crippen LogP contribution in [0.4, 0.5) is 5.13 Å². The van der Waals surface area contributed by atoms with E-state index in [1.807, 2.05) is 19.9 Å². The number of sulfonamides is 1. The van der Waals surface area contributed by atoms with E-state index >= 15 is 0 Å². The number of aromatic nitrogens is 1. The van der Waals surface area contributed by atoms with Crippen molar-refractivity contribution in [2.75, 3.05) is 45.4 Å². The molecular weight excluding hydrogens is 526 g/mol. The Hall–Kier alpha value is -3.09. The molecule has 11 heteroatoms. The van der Waals surface area contributed by atoms with Crippen LogP contribution in [0.2, 0.25) is 0 Å². The van der Waals surface area contributed by atoms with Gasteiger partial charge in [-0.2, -0.15) is 4.31 Å². The highest BCUT2D eigenvalue weighted by molar-refractivity contribution is 7.89. The predicted molar refractivity (Wildman–Crippen MR) is 147 cm³/mol. The number of carbonyl (C=O) groups is 1. The second kappa shape index (κ2) is 12.2. The first-order chi connectivity index (χ1) is 18.2. The molecule has 4 rings (SSSR count). The SMILES string of the molecule is COCCN(CCOC)S(=O)(=O)c1ccc(C(=O)N(Cc2ccco2)c2nc3cc(C)cc(C)c3s2)cc1. The fourth-order valence-electron chi connectivity index (χ4n) is 4.08. The number of furan rings is 1. The first-order valence-electron chi connectivity index (χ1n) is 12.0. The maximum Gasteiger partial charge on any atom is 0.260 e. The Morgan fingerprint density at radius 3 is 2.32 bits per heavy atom. The van der Waals surface area contributed by atoms with Crippen LogP contribution in [-0.4, -0.2) is 64.1 Å². The lowest BCUT2D eigenvalue weighted by Gasteiger charge is -2.22. The van der Waals surface area contributed by atoms with Crippen molar-refractivity contribution in [1.82, 2.24) is 9.29 Å². The number of rotatable bonds is 12. The maximum absolute atomic E-state index is 13.7. The molecule has 0 saturated carbocycles. The average Bonchev–Trinajstić information content (AvgIpc) is 3.57. The minimum absolute atomic E-state index is 0.0879. The Bertz CT molecular complexity index is 1470. The number of methoxy groups -OCH3 is 2. The molecule has 1 amide bonds. The molecule has 9 nitrogen and oxygen atoms in total. The first-order valence-corrected chi connectivity index (χ1v) is 14.3. The van der Waals surface area contributed by atoms with Crippen LogP contribution in [0, 0.1) is 13.8 Å². The lowest BCUT2D eigenvalue weighted by atomic mass is 10.1. The standard InChI is InChI=1S/C27H31N3O6S2/c1-19-16-20(2)25-24(17-19)28-27(37-25)30(18-22-6-5-13-36-22)26(31)21-7-9-23(10-8-21)38(32,33)29(11-14-34-3)12-15-35-4/h5-10,13,16-17H,11-12,14-15,18H2,1-4H3. The van der Waals surface area contributed by atoms with Crippen molar-refractivity contribution in [3.05, 3.63) is 77.2 Å². The molecule has 2 aromatic heterocycles. The summed E-state index contributed by atoms with van der Waals surface area (Å²) in [5, 5.41) is 0.539. The van der Waals surface area contributed by atoms with Crippen molar-refractivity contribution in [2.45, 2.75) is 25.3 Å². The fraction of sp³-hybridized carbons (Fsp3) is 0.333. The molecule has 0 aliphatic rings. The molecule has 0 aliphatic heterocycles. The van der Waals surface area contributed by atoms with Gasteiger partial charge < -0.3 is 13.9 Å². The van der Waals surface area contributed by atoms with E-state index in [1.165, 1.54) is 54.1 Å². The van der Waals surface area contributed by atoms with Gasteiger partial charge in [-0.05, 0) is 67.4 Å². The lowest BCUT2D eigenvalue weighted by Crippen LogP contribution is -2.36. The van der Waals surface area contributed by atoms with Crippen LogP contribution in [0.1, 0.15) is 27.2 Å². The van der Waals surface area contributed by atoms with Gasteiger partial charge >= 0.3 is 0 Å². The number of nitrogens with zero attached hydrogens (tertiary/aromatic N) is 3. The van der Waals surface area contributed by atoms with E-state index < -0.39 is 10.0 Å². The van der Waals surface area contributed by atoms with E-state index in [1.54, 1.807) is 23.3 Å². The highest BCUT2D eigenvalue weighted by Gasteiger charge is 2.26. The molecule has 0 fully saturated rings. The van der Waals surface area contributed by atoms with Crippen LogP contribution in [-0.2, 0) is 26.0 Å². The second-order valence-electron chi connectivity index (χ2n) is 8.81. The number of hydrogen-bond donors (Lipinski definition) is 0. The van der Waals surface area contributed by atoms with E-state index in [2.05, 4.69) is 6.07 Å². The first kappa shape index (κ1) is 27.9. The summed E-state index contributed by atoms with van der Waals surface area (Å²) in [5.41, 5.74) is 3.35. The third-order valence-electron chi connectivity index (χ3n) is 6.01. The third kappa shape index (κ3) is 6.13. The molecule has 0 N–H and O–H groups in total. The summed E-state index contributed by atoms with van der Waals surface area (Å²) in [5.74, 6) is 0.297. The third-order valence-corrected chi connectivity index (χ3v) is 9.15. The molecule has 0 atom stereocenters. The lowest BCUT2D eigenvalue weighted by molar-refractivity contribution is 0.0983. The van der Waals surface area contributed by atoms with Crippen LogP contribution in [0.15, 0.2) is 64.1 Å². The van der Waals surface area contributed by atoms with Crippen molar-refractivity contribution in [1.29, 1.82) is 0 Å². The summed E-state index contributed by atoms with van der Waals surface area (Å²) in [7, 11) is -0.769. The number of benzene rings is 2. The molecular formula is C27H31N3O6S2. The summed E-state index contributed by atoms with van der Waals surface area (Å²) in [6.45, 7) is 5.11. The number of carbonyl (C=O) groups excluding carboxylic acids is 1. The van der Waals surface area contributed by atoms with Crippen LogP contribution >= 0.6 is 11.3 Å². The number of aryl methyl sites for hydroxylation is 2. The van der Waals surface area contributed by atoms with Crippen molar-refractivity contribution in [3.8, 4) is 0 Å². The monoisotopic (exact) mass is 557 g/mol. The largest absolute Gasteiger partial charge is 0.467 e. The van der Waals surface area contributed by atoms with Crippen molar-refractivity contribution >= 4 is 42.6 Å². The van der Waals surface area contributed by atoms with Crippen molar-refractivity contribution < 1.29 is 27.1 Å². The van der Waals surface area contributed by atoms with Gasteiger partial charge in [0.25, 0.3) is 5.91 Å². The van der Waals surface area contributed by atoms with E-state index in [4.69, 9.17) is 18.9 Å². The van der Waals surface area contributed by atoms with E-state index in [9.17, 15) is 13.2 Å². The van der Waals surface area contributed by atoms with E-state index in [0.29, 0.717) is 16.5 Å². The highest BCUT2D eigenvalue weighted by atomic mass is 32.2. The highest BCUT2D eigenvalue weighted by Crippen LogP contribution is 2.34. The second-order valence-corrected chi connectivity index (χ2v) is 11.7. The summed E-state index contributed by atoms with van der Waals surface area (Å²) >= 11 is 1.44. The van der Waals surface area contributed by atoms with Gasteiger partial charge in [0.2, 0.25) is 10.0 Å². The average molecular weight is 558 g/mol. The van der Waals surface area contributed by atoms with Crippen LogP contribution in [0.25, 0.3) is 10.2 Å². The Labute approximate surface area is 226 Å². The van der Waals surface area contributed by atoms with Gasteiger partial charge in [0.15, 0.2) is 5.13 Å². The van der Waals surface area contributed by atoms with Gasteiger partial charge in [-0.15, -0.1) is 0 Å². The molecule has 0 aliphatic carbocycles. The van der Waals surface area contributed by atoms with Gasteiger partial charge in [0, 0.05) is 32.9 Å².